The Labute approximate surface area is 162 Å². The van der Waals surface area contributed by atoms with Crippen molar-refractivity contribution >= 4 is 15.8 Å². The average Bonchev–Trinajstić information content (AvgIpc) is 2.63. The van der Waals surface area contributed by atoms with Gasteiger partial charge >= 0.3 is 12.1 Å². The lowest BCUT2D eigenvalue weighted by Crippen LogP contribution is -2.11. The van der Waals surface area contributed by atoms with Crippen molar-refractivity contribution < 1.29 is 31.1 Å². The van der Waals surface area contributed by atoms with Crippen LogP contribution in [0.25, 0.3) is 0 Å². The molecule has 0 unspecified atom stereocenters. The highest BCUT2D eigenvalue weighted by atomic mass is 32.2. The summed E-state index contributed by atoms with van der Waals surface area (Å²) in [5, 5.41) is 0. The number of carbonyl (C=O) groups excluding carboxylic acids is 1. The summed E-state index contributed by atoms with van der Waals surface area (Å²) >= 11 is 0. The Bertz CT molecular complexity index is 904. The maximum atomic E-state index is 12.8. The molecule has 0 spiro atoms. The van der Waals surface area contributed by atoms with Crippen molar-refractivity contribution in [1.82, 2.24) is 0 Å². The molecule has 0 heterocycles. The second-order valence-corrected chi connectivity index (χ2v) is 8.36. The van der Waals surface area contributed by atoms with Crippen LogP contribution in [0, 0.1) is 0 Å². The molecule has 0 saturated heterocycles. The minimum absolute atomic E-state index is 0.165. The van der Waals surface area contributed by atoms with Crippen molar-refractivity contribution in [2.45, 2.75) is 37.3 Å². The summed E-state index contributed by atoms with van der Waals surface area (Å²) in [5.74, 6) is -0.568. The summed E-state index contributed by atoms with van der Waals surface area (Å²) in [6, 6.07) is 10.9. The van der Waals surface area contributed by atoms with Gasteiger partial charge in [0.05, 0.1) is 29.2 Å². The van der Waals surface area contributed by atoms with Crippen LogP contribution >= 0.6 is 0 Å². The standard InChI is InChI=1S/C20H21F3O4S/c1-2-27-19(24)13-16-10-8-15(9-11-16)5-4-12-28(25,26)18-7-3-6-17(14-18)20(21,22)23/h3,6-11,14H,2,4-5,12-13H2,1H3. The Morgan fingerprint density at radius 1 is 1.04 bits per heavy atom. The van der Waals surface area contributed by atoms with Gasteiger partial charge in [-0.1, -0.05) is 30.3 Å². The van der Waals surface area contributed by atoms with E-state index >= 15 is 0 Å². The number of benzene rings is 2. The molecule has 8 heteroatoms. The molecule has 4 nitrogen and oxygen atoms in total. The van der Waals surface area contributed by atoms with E-state index in [1.165, 1.54) is 6.07 Å². The van der Waals surface area contributed by atoms with E-state index in [9.17, 15) is 26.4 Å². The summed E-state index contributed by atoms with van der Waals surface area (Å²) in [4.78, 5) is 11.1. The van der Waals surface area contributed by atoms with Gasteiger partial charge in [-0.05, 0) is 49.1 Å². The van der Waals surface area contributed by atoms with Gasteiger partial charge in [0.25, 0.3) is 0 Å². The number of ether oxygens (including phenoxy) is 1. The molecule has 0 aliphatic heterocycles. The molecule has 0 aliphatic rings. The maximum Gasteiger partial charge on any atom is 0.416 e. The van der Waals surface area contributed by atoms with E-state index in [1.54, 1.807) is 31.2 Å². The molecule has 2 aromatic carbocycles. The molecule has 152 valence electrons. The summed E-state index contributed by atoms with van der Waals surface area (Å²) in [5.41, 5.74) is 0.691. The van der Waals surface area contributed by atoms with Gasteiger partial charge in [0.1, 0.15) is 0 Å². The van der Waals surface area contributed by atoms with Gasteiger partial charge < -0.3 is 4.74 Å². The summed E-state index contributed by atoms with van der Waals surface area (Å²) < 4.78 is 67.8. The number of rotatable bonds is 8. The van der Waals surface area contributed by atoms with Crippen LogP contribution in [0.4, 0.5) is 13.2 Å². The predicted octanol–water partition coefficient (Wildman–Crippen LogP) is 4.22. The third-order valence-corrected chi connectivity index (χ3v) is 5.87. The number of esters is 1. The van der Waals surface area contributed by atoms with E-state index in [0.717, 1.165) is 23.3 Å². The number of carbonyl (C=O) groups is 1. The summed E-state index contributed by atoms with van der Waals surface area (Å²) in [6.07, 6.45) is -3.69. The second kappa shape index (κ2) is 9.23. The van der Waals surface area contributed by atoms with Gasteiger partial charge in [-0.2, -0.15) is 13.2 Å². The number of hydrogen-bond donors (Lipinski definition) is 0. The van der Waals surface area contributed by atoms with E-state index in [1.807, 2.05) is 0 Å². The fourth-order valence-electron chi connectivity index (χ4n) is 2.65. The third kappa shape index (κ3) is 6.37. The molecule has 0 amide bonds. The van der Waals surface area contributed by atoms with E-state index < -0.39 is 21.6 Å². The van der Waals surface area contributed by atoms with Crippen molar-refractivity contribution in [1.29, 1.82) is 0 Å². The van der Waals surface area contributed by atoms with Crippen LogP contribution < -0.4 is 0 Å². The lowest BCUT2D eigenvalue weighted by molar-refractivity contribution is -0.142. The molecule has 28 heavy (non-hydrogen) atoms. The van der Waals surface area contributed by atoms with Crippen LogP contribution in [0.3, 0.4) is 0 Å². The normalized spacial score (nSPS) is 12.0. The van der Waals surface area contributed by atoms with Crippen molar-refractivity contribution in [2.24, 2.45) is 0 Å². The zero-order chi connectivity index (χ0) is 20.8. The maximum absolute atomic E-state index is 12.8. The van der Waals surface area contributed by atoms with Crippen LogP contribution in [0.5, 0.6) is 0 Å². The Morgan fingerprint density at radius 2 is 1.68 bits per heavy atom. The lowest BCUT2D eigenvalue weighted by atomic mass is 10.1. The first-order valence-corrected chi connectivity index (χ1v) is 10.4. The lowest BCUT2D eigenvalue weighted by Gasteiger charge is -2.09. The largest absolute Gasteiger partial charge is 0.466 e. The molecule has 0 bridgehead atoms. The number of aryl methyl sites for hydroxylation is 1. The highest BCUT2D eigenvalue weighted by Gasteiger charge is 2.31. The number of hydrogen-bond acceptors (Lipinski definition) is 4. The molecular formula is C20H21F3O4S. The molecule has 0 aliphatic carbocycles. The van der Waals surface area contributed by atoms with Gasteiger partial charge in [-0.25, -0.2) is 8.42 Å². The zero-order valence-corrected chi connectivity index (χ0v) is 16.1. The van der Waals surface area contributed by atoms with E-state index in [4.69, 9.17) is 4.74 Å². The highest BCUT2D eigenvalue weighted by molar-refractivity contribution is 7.91. The topological polar surface area (TPSA) is 60.4 Å². The fraction of sp³-hybridized carbons (Fsp3) is 0.350. The van der Waals surface area contributed by atoms with Crippen molar-refractivity contribution in [3.05, 3.63) is 65.2 Å². The van der Waals surface area contributed by atoms with Gasteiger partial charge in [0.2, 0.25) is 0 Å². The van der Waals surface area contributed by atoms with Gasteiger partial charge in [0.15, 0.2) is 9.84 Å². The fourth-order valence-corrected chi connectivity index (χ4v) is 4.01. The molecule has 0 fully saturated rings. The van der Waals surface area contributed by atoms with Crippen LogP contribution in [-0.4, -0.2) is 26.7 Å². The Hall–Kier alpha value is -2.35. The van der Waals surface area contributed by atoms with Crippen LogP contribution in [-0.2, 0) is 38.4 Å². The molecule has 0 radical (unpaired) electrons. The zero-order valence-electron chi connectivity index (χ0n) is 15.3. The molecule has 0 N–H and O–H groups in total. The predicted molar refractivity (Wildman–Crippen MR) is 98.6 cm³/mol. The van der Waals surface area contributed by atoms with E-state index in [-0.39, 0.29) is 29.5 Å². The van der Waals surface area contributed by atoms with Crippen molar-refractivity contribution in [3.8, 4) is 0 Å². The average molecular weight is 414 g/mol. The quantitative estimate of drug-likeness (QED) is 0.607. The minimum atomic E-state index is -4.59. The number of alkyl halides is 3. The monoisotopic (exact) mass is 414 g/mol. The van der Waals surface area contributed by atoms with Crippen LogP contribution in [0.15, 0.2) is 53.4 Å². The molecule has 0 atom stereocenters. The van der Waals surface area contributed by atoms with Crippen LogP contribution in [0.2, 0.25) is 0 Å². The van der Waals surface area contributed by atoms with E-state index in [2.05, 4.69) is 0 Å². The van der Waals surface area contributed by atoms with Gasteiger partial charge in [-0.15, -0.1) is 0 Å². The third-order valence-electron chi connectivity index (χ3n) is 4.08. The molecule has 0 aromatic heterocycles. The summed E-state index contributed by atoms with van der Waals surface area (Å²) in [6.45, 7) is 2.05. The van der Waals surface area contributed by atoms with Crippen molar-refractivity contribution in [2.75, 3.05) is 12.4 Å². The van der Waals surface area contributed by atoms with E-state index in [0.29, 0.717) is 19.1 Å². The van der Waals surface area contributed by atoms with Crippen molar-refractivity contribution in [3.63, 3.8) is 0 Å². The molecular weight excluding hydrogens is 393 g/mol. The highest BCUT2D eigenvalue weighted by Crippen LogP contribution is 2.30. The number of sulfone groups is 1. The second-order valence-electron chi connectivity index (χ2n) is 6.25. The SMILES string of the molecule is CCOC(=O)Cc1ccc(CCCS(=O)(=O)c2cccc(C(F)(F)F)c2)cc1. The first-order chi connectivity index (χ1) is 13.1. The first kappa shape index (κ1) is 21.9. The Balaban J connectivity index is 1.94. The Morgan fingerprint density at radius 3 is 2.29 bits per heavy atom. The molecule has 0 saturated carbocycles. The Kier molecular flexibility index (Phi) is 7.23. The van der Waals surface area contributed by atoms with Gasteiger partial charge in [-0.3, -0.25) is 4.79 Å². The summed E-state index contributed by atoms with van der Waals surface area (Å²) in [7, 11) is -3.80. The molecule has 2 aromatic rings. The smallest absolute Gasteiger partial charge is 0.416 e. The van der Waals surface area contributed by atoms with Gasteiger partial charge in [0, 0.05) is 0 Å². The number of halogens is 3. The molecule has 2 rings (SSSR count). The first-order valence-electron chi connectivity index (χ1n) is 8.75. The van der Waals surface area contributed by atoms with Crippen LogP contribution in [0.1, 0.15) is 30.0 Å². The minimum Gasteiger partial charge on any atom is -0.466 e.